The van der Waals surface area contributed by atoms with Gasteiger partial charge in [-0.05, 0) is 19.3 Å². The largest absolute Gasteiger partial charge is 1.00 e. The molecular formula is C38H76BrCl2KN2. The molecule has 1 heterocycles. The van der Waals surface area contributed by atoms with Gasteiger partial charge in [-0.15, -0.1) is 0 Å². The van der Waals surface area contributed by atoms with Crippen LogP contribution in [0.3, 0.4) is 0 Å². The quantitative estimate of drug-likeness (QED) is 0.0487. The van der Waals surface area contributed by atoms with Crippen molar-refractivity contribution in [3.63, 3.8) is 0 Å². The van der Waals surface area contributed by atoms with Gasteiger partial charge in [0.05, 0.1) is 27.7 Å². The third kappa shape index (κ3) is 48.2. The Kier molecular flexibility index (Phi) is 56.2. The summed E-state index contributed by atoms with van der Waals surface area (Å²) in [5.74, 6) is 0. The summed E-state index contributed by atoms with van der Waals surface area (Å²) >= 11 is 0. The van der Waals surface area contributed by atoms with Crippen molar-refractivity contribution < 1.29 is 102 Å². The Balaban J connectivity index is -0.000000215. The molecule has 0 aliphatic rings. The van der Waals surface area contributed by atoms with Crippen LogP contribution < -0.4 is 97.7 Å². The first kappa shape index (κ1) is 55.2. The molecule has 1 aromatic rings. The molecular weight excluding hydrogens is 674 g/mol. The van der Waals surface area contributed by atoms with E-state index in [-0.39, 0.29) is 93.2 Å². The van der Waals surface area contributed by atoms with Crippen LogP contribution in [0.1, 0.15) is 181 Å². The number of aryl methyl sites for hydroxylation is 1. The second-order valence-corrected chi connectivity index (χ2v) is 13.6. The van der Waals surface area contributed by atoms with Gasteiger partial charge in [-0.1, -0.05) is 161 Å². The molecule has 44 heavy (non-hydrogen) atoms. The Bertz CT molecular complexity index is 602. The normalized spacial score (nSPS) is 10.4. The zero-order chi connectivity index (χ0) is 29.4. The summed E-state index contributed by atoms with van der Waals surface area (Å²) < 4.78 is 3.41. The fraction of sp³-hybridized carbons (Fsp3) is 0.868. The number of rotatable bonds is 28. The summed E-state index contributed by atoms with van der Waals surface area (Å²) in [4.78, 5) is 0. The molecule has 6 heteroatoms. The van der Waals surface area contributed by atoms with Crippen molar-refractivity contribution in [2.75, 3.05) is 27.7 Å². The number of nitrogens with zero attached hydrogens (tertiary/aromatic N) is 2. The van der Waals surface area contributed by atoms with E-state index in [2.05, 4.69) is 70.2 Å². The molecule has 0 saturated heterocycles. The third-order valence-corrected chi connectivity index (χ3v) is 8.23. The minimum absolute atomic E-state index is 0. The van der Waals surface area contributed by atoms with Crippen molar-refractivity contribution in [1.29, 1.82) is 0 Å². The predicted molar refractivity (Wildman–Crippen MR) is 181 cm³/mol. The molecule has 0 aliphatic heterocycles. The topological polar surface area (TPSA) is 3.88 Å². The Labute approximate surface area is 344 Å². The van der Waals surface area contributed by atoms with Gasteiger partial charge in [-0.2, -0.15) is 0 Å². The molecule has 2 nitrogen and oxygen atoms in total. The summed E-state index contributed by atoms with van der Waals surface area (Å²) in [5.41, 5.74) is 0. The van der Waals surface area contributed by atoms with Crippen LogP contribution in [0.15, 0.2) is 30.6 Å². The minimum Gasteiger partial charge on any atom is -1.00 e. The van der Waals surface area contributed by atoms with E-state index in [0.29, 0.717) is 0 Å². The second-order valence-electron chi connectivity index (χ2n) is 13.6. The fourth-order valence-electron chi connectivity index (χ4n) is 5.50. The number of hydrogen-bond donors (Lipinski definition) is 0. The van der Waals surface area contributed by atoms with Gasteiger partial charge in [-0.3, -0.25) is 0 Å². The Morgan fingerprint density at radius 1 is 0.409 bits per heavy atom. The summed E-state index contributed by atoms with van der Waals surface area (Å²) in [7, 11) is 6.87. The van der Waals surface area contributed by atoms with Crippen molar-refractivity contribution >= 4 is 0 Å². The van der Waals surface area contributed by atoms with E-state index in [1.807, 2.05) is 0 Å². The van der Waals surface area contributed by atoms with Gasteiger partial charge in [0, 0.05) is 18.6 Å². The van der Waals surface area contributed by atoms with Crippen molar-refractivity contribution in [2.24, 2.45) is 0 Å². The number of unbranched alkanes of at least 4 members (excludes halogenated alkanes) is 24. The van der Waals surface area contributed by atoms with Crippen molar-refractivity contribution in [2.45, 2.75) is 187 Å². The zero-order valence-corrected chi connectivity index (χ0v) is 36.9. The van der Waals surface area contributed by atoms with E-state index in [9.17, 15) is 0 Å². The molecule has 0 amide bonds. The molecule has 0 radical (unpaired) electrons. The molecule has 0 aliphatic carbocycles. The van der Waals surface area contributed by atoms with Crippen LogP contribution in [0.5, 0.6) is 0 Å². The van der Waals surface area contributed by atoms with E-state index < -0.39 is 0 Å². The smallest absolute Gasteiger partial charge is 1.00 e. The number of quaternary nitrogens is 1. The summed E-state index contributed by atoms with van der Waals surface area (Å²) in [6.45, 7) is 7.09. The van der Waals surface area contributed by atoms with Gasteiger partial charge < -0.3 is 46.3 Å². The summed E-state index contributed by atoms with van der Waals surface area (Å²) in [6.07, 6.45) is 41.8. The third-order valence-electron chi connectivity index (χ3n) is 8.23. The van der Waals surface area contributed by atoms with E-state index in [1.165, 1.54) is 180 Å². The van der Waals surface area contributed by atoms with Crippen molar-refractivity contribution in [3.8, 4) is 0 Å². The fourth-order valence-corrected chi connectivity index (χ4v) is 5.50. The molecule has 1 rings (SSSR count). The van der Waals surface area contributed by atoms with Crippen molar-refractivity contribution in [3.05, 3.63) is 30.6 Å². The Morgan fingerprint density at radius 3 is 0.977 bits per heavy atom. The van der Waals surface area contributed by atoms with Crippen LogP contribution in [0, 0.1) is 0 Å². The molecule has 0 N–H and O–H groups in total. The zero-order valence-electron chi connectivity index (χ0n) is 30.7. The SMILES string of the molecule is CCCCCCCCCCCCCCCC[n+]1ccccc1.CCCCCCCCCCCCCC[N+](C)(C)C.[Br-].[Cl-].[Cl-].[K+]. The van der Waals surface area contributed by atoms with E-state index in [4.69, 9.17) is 0 Å². The number of hydrogen-bond acceptors (Lipinski definition) is 0. The molecule has 0 fully saturated rings. The summed E-state index contributed by atoms with van der Waals surface area (Å²) in [5, 5.41) is 0. The second kappa shape index (κ2) is 44.8. The number of halogens is 3. The van der Waals surface area contributed by atoms with Crippen molar-refractivity contribution in [1.82, 2.24) is 0 Å². The first-order valence-electron chi connectivity index (χ1n) is 18.2. The van der Waals surface area contributed by atoms with Gasteiger partial charge in [0.1, 0.15) is 6.54 Å². The molecule has 0 saturated carbocycles. The maximum Gasteiger partial charge on any atom is 1.00 e. The summed E-state index contributed by atoms with van der Waals surface area (Å²) in [6, 6.07) is 6.31. The van der Waals surface area contributed by atoms with E-state index >= 15 is 0 Å². The molecule has 0 aromatic carbocycles. The molecule has 0 spiro atoms. The number of aromatic nitrogens is 1. The average molecular weight is 751 g/mol. The van der Waals surface area contributed by atoms with Gasteiger partial charge >= 0.3 is 51.4 Å². The van der Waals surface area contributed by atoms with Crippen LogP contribution >= 0.6 is 0 Å². The van der Waals surface area contributed by atoms with Crippen LogP contribution in [0.4, 0.5) is 0 Å². The van der Waals surface area contributed by atoms with Crippen LogP contribution in [0.2, 0.25) is 0 Å². The van der Waals surface area contributed by atoms with Gasteiger partial charge in [0.15, 0.2) is 12.4 Å². The van der Waals surface area contributed by atoms with Crippen LogP contribution in [-0.4, -0.2) is 32.2 Å². The molecule has 0 bridgehead atoms. The first-order valence-corrected chi connectivity index (χ1v) is 18.2. The van der Waals surface area contributed by atoms with Gasteiger partial charge in [0.25, 0.3) is 0 Å². The van der Waals surface area contributed by atoms with Crippen LogP contribution in [-0.2, 0) is 6.54 Å². The standard InChI is InChI=1S/C21H38N.C17H38N.BrH.2ClH.K/c1-2-3-4-5-6-7-8-9-10-11-12-13-14-16-19-22-20-17-15-18-21-22;1-5-6-7-8-9-10-11-12-13-14-15-16-17-18(2,3)4;;;;/h15,17-18,20-21H,2-14,16,19H2,1H3;5-17H2,1-4H3;3*1H;/q2*+1;;;;+1/p-3. The average Bonchev–Trinajstić information content (AvgIpc) is 2.94. The minimum atomic E-state index is 0. The Morgan fingerprint density at radius 2 is 0.682 bits per heavy atom. The molecule has 0 atom stereocenters. The van der Waals surface area contributed by atoms with Gasteiger partial charge in [0.2, 0.25) is 0 Å². The molecule has 260 valence electrons. The maximum absolute atomic E-state index is 2.29. The monoisotopic (exact) mass is 748 g/mol. The predicted octanol–water partition coefficient (Wildman–Crippen LogP) is -0.135. The van der Waals surface area contributed by atoms with E-state index in [1.54, 1.807) is 0 Å². The van der Waals surface area contributed by atoms with E-state index in [0.717, 1.165) is 4.48 Å². The first-order chi connectivity index (χ1) is 19.5. The molecule has 0 unspecified atom stereocenters. The van der Waals surface area contributed by atoms with Gasteiger partial charge in [-0.25, -0.2) is 4.57 Å². The Hall–Kier alpha value is 1.81. The molecule has 1 aromatic heterocycles. The van der Waals surface area contributed by atoms with Crippen LogP contribution in [0.25, 0.3) is 0 Å². The maximum atomic E-state index is 2.29. The number of pyridine rings is 1.